The van der Waals surface area contributed by atoms with Gasteiger partial charge in [0.25, 0.3) is 0 Å². The van der Waals surface area contributed by atoms with Crippen LogP contribution in [-0.4, -0.2) is 0 Å². The Balaban J connectivity index is 3.04. The molecule has 0 saturated carbocycles. The Morgan fingerprint density at radius 3 is 2.58 bits per heavy atom. The molecule has 0 aliphatic heterocycles. The molecule has 1 rings (SSSR count). The first kappa shape index (κ1) is 9.23. The molecule has 12 heavy (non-hydrogen) atoms. The molecule has 2 nitrogen and oxygen atoms in total. The number of hydrazine groups is 1. The number of hydrogen-bond acceptors (Lipinski definition) is 2. The predicted molar refractivity (Wildman–Crippen MR) is 51.7 cm³/mol. The fourth-order valence-electron chi connectivity index (χ4n) is 1.32. The number of nitrogens with two attached hydrogens (primary N) is 1. The number of benzene rings is 1. The molecule has 0 fully saturated rings. The highest BCUT2D eigenvalue weighted by Crippen LogP contribution is 2.17. The van der Waals surface area contributed by atoms with Crippen molar-refractivity contribution in [2.45, 2.75) is 26.8 Å². The van der Waals surface area contributed by atoms with Gasteiger partial charge in [-0.1, -0.05) is 23.8 Å². The van der Waals surface area contributed by atoms with Crippen molar-refractivity contribution in [2.24, 2.45) is 5.84 Å². The lowest BCUT2D eigenvalue weighted by Crippen LogP contribution is -2.26. The largest absolute Gasteiger partial charge is 0.271 e. The summed E-state index contributed by atoms with van der Waals surface area (Å²) < 4.78 is 0. The van der Waals surface area contributed by atoms with Gasteiger partial charge in [0, 0.05) is 6.04 Å². The summed E-state index contributed by atoms with van der Waals surface area (Å²) in [7, 11) is 0. The zero-order chi connectivity index (χ0) is 9.14. The Kier molecular flexibility index (Phi) is 2.84. The van der Waals surface area contributed by atoms with Crippen LogP contribution in [0.4, 0.5) is 0 Å². The van der Waals surface area contributed by atoms with E-state index >= 15 is 0 Å². The first-order valence-corrected chi connectivity index (χ1v) is 4.18. The topological polar surface area (TPSA) is 38.0 Å². The van der Waals surface area contributed by atoms with Crippen molar-refractivity contribution in [2.75, 3.05) is 0 Å². The Morgan fingerprint density at radius 2 is 2.00 bits per heavy atom. The van der Waals surface area contributed by atoms with Crippen LogP contribution >= 0.6 is 0 Å². The van der Waals surface area contributed by atoms with Crippen LogP contribution in [0.2, 0.25) is 0 Å². The fraction of sp³-hybridized carbons (Fsp3) is 0.400. The van der Waals surface area contributed by atoms with Crippen LogP contribution in [0.25, 0.3) is 0 Å². The van der Waals surface area contributed by atoms with E-state index < -0.39 is 0 Å². The van der Waals surface area contributed by atoms with Gasteiger partial charge in [-0.2, -0.15) is 0 Å². The molecule has 3 N–H and O–H groups in total. The van der Waals surface area contributed by atoms with E-state index in [9.17, 15) is 0 Å². The van der Waals surface area contributed by atoms with Gasteiger partial charge in [0.15, 0.2) is 0 Å². The predicted octanol–water partition coefficient (Wildman–Crippen LogP) is 1.83. The van der Waals surface area contributed by atoms with Gasteiger partial charge in [0.05, 0.1) is 0 Å². The molecule has 0 bridgehead atoms. The van der Waals surface area contributed by atoms with Gasteiger partial charge in [-0.05, 0) is 31.9 Å². The monoisotopic (exact) mass is 164 g/mol. The Hall–Kier alpha value is -0.860. The maximum absolute atomic E-state index is 5.37. The maximum atomic E-state index is 5.37. The summed E-state index contributed by atoms with van der Waals surface area (Å²) >= 11 is 0. The SMILES string of the molecule is Cc1ccc(C)c([C@H](C)NN)c1. The van der Waals surface area contributed by atoms with Gasteiger partial charge in [-0.3, -0.25) is 11.3 Å². The standard InChI is InChI=1S/C10H16N2/c1-7-4-5-8(2)10(6-7)9(3)12-11/h4-6,9,12H,11H2,1-3H3/t9-/m0/s1. The summed E-state index contributed by atoms with van der Waals surface area (Å²) in [5.41, 5.74) is 6.58. The molecular weight excluding hydrogens is 148 g/mol. The van der Waals surface area contributed by atoms with E-state index in [0.717, 1.165) is 0 Å². The van der Waals surface area contributed by atoms with Gasteiger partial charge in [0.1, 0.15) is 0 Å². The summed E-state index contributed by atoms with van der Waals surface area (Å²) in [6.45, 7) is 6.25. The summed E-state index contributed by atoms with van der Waals surface area (Å²) in [5.74, 6) is 5.37. The van der Waals surface area contributed by atoms with Crippen LogP contribution in [0.15, 0.2) is 18.2 Å². The molecule has 1 aromatic rings. The van der Waals surface area contributed by atoms with Gasteiger partial charge in [0.2, 0.25) is 0 Å². The van der Waals surface area contributed by atoms with E-state index in [-0.39, 0.29) is 6.04 Å². The van der Waals surface area contributed by atoms with Crippen LogP contribution in [0, 0.1) is 13.8 Å². The lowest BCUT2D eigenvalue weighted by molar-refractivity contribution is 0.599. The molecule has 0 heterocycles. The van der Waals surface area contributed by atoms with Crippen LogP contribution in [0.1, 0.15) is 29.7 Å². The van der Waals surface area contributed by atoms with E-state index in [1.807, 2.05) is 0 Å². The highest BCUT2D eigenvalue weighted by molar-refractivity contribution is 5.32. The first-order valence-electron chi connectivity index (χ1n) is 4.18. The van der Waals surface area contributed by atoms with E-state index in [1.54, 1.807) is 0 Å². The van der Waals surface area contributed by atoms with Crippen molar-refractivity contribution in [1.82, 2.24) is 5.43 Å². The molecule has 1 atom stereocenters. The highest BCUT2D eigenvalue weighted by Gasteiger charge is 2.05. The summed E-state index contributed by atoms with van der Waals surface area (Å²) in [5, 5.41) is 0. The van der Waals surface area contributed by atoms with Gasteiger partial charge in [-0.25, -0.2) is 0 Å². The van der Waals surface area contributed by atoms with E-state index in [1.165, 1.54) is 16.7 Å². The molecule has 0 spiro atoms. The molecule has 1 aromatic carbocycles. The van der Waals surface area contributed by atoms with E-state index in [2.05, 4.69) is 44.4 Å². The minimum Gasteiger partial charge on any atom is -0.271 e. The molecular formula is C10H16N2. The smallest absolute Gasteiger partial charge is 0.0434 e. The zero-order valence-corrected chi connectivity index (χ0v) is 7.89. The quantitative estimate of drug-likeness (QED) is 0.517. The van der Waals surface area contributed by atoms with Gasteiger partial charge < -0.3 is 0 Å². The van der Waals surface area contributed by atoms with Crippen molar-refractivity contribution in [3.8, 4) is 0 Å². The fourth-order valence-corrected chi connectivity index (χ4v) is 1.32. The Labute approximate surface area is 73.8 Å². The normalized spacial score (nSPS) is 13.0. The molecule has 0 aromatic heterocycles. The molecule has 0 amide bonds. The number of rotatable bonds is 2. The molecule has 2 heteroatoms. The second-order valence-electron chi connectivity index (χ2n) is 3.25. The third-order valence-corrected chi connectivity index (χ3v) is 2.15. The van der Waals surface area contributed by atoms with Crippen molar-refractivity contribution in [3.63, 3.8) is 0 Å². The van der Waals surface area contributed by atoms with Crippen LogP contribution in [-0.2, 0) is 0 Å². The lowest BCUT2D eigenvalue weighted by Gasteiger charge is -2.13. The van der Waals surface area contributed by atoms with Crippen LogP contribution in [0.5, 0.6) is 0 Å². The van der Waals surface area contributed by atoms with Crippen molar-refractivity contribution >= 4 is 0 Å². The minimum absolute atomic E-state index is 0.227. The Morgan fingerprint density at radius 1 is 1.33 bits per heavy atom. The van der Waals surface area contributed by atoms with Crippen molar-refractivity contribution in [3.05, 3.63) is 34.9 Å². The van der Waals surface area contributed by atoms with Gasteiger partial charge >= 0.3 is 0 Å². The molecule has 0 unspecified atom stereocenters. The van der Waals surface area contributed by atoms with Crippen molar-refractivity contribution in [1.29, 1.82) is 0 Å². The lowest BCUT2D eigenvalue weighted by atomic mass is 10.0. The third kappa shape index (κ3) is 1.84. The summed E-state index contributed by atoms with van der Waals surface area (Å²) in [4.78, 5) is 0. The van der Waals surface area contributed by atoms with E-state index in [4.69, 9.17) is 5.84 Å². The first-order chi connectivity index (χ1) is 5.65. The molecule has 0 radical (unpaired) electrons. The zero-order valence-electron chi connectivity index (χ0n) is 7.89. The van der Waals surface area contributed by atoms with Crippen LogP contribution in [0.3, 0.4) is 0 Å². The summed E-state index contributed by atoms with van der Waals surface area (Å²) in [6, 6.07) is 6.63. The second kappa shape index (κ2) is 3.70. The Bertz CT molecular complexity index is 269. The van der Waals surface area contributed by atoms with Gasteiger partial charge in [-0.15, -0.1) is 0 Å². The number of aryl methyl sites for hydroxylation is 2. The average Bonchev–Trinajstić information content (AvgIpc) is 2.08. The van der Waals surface area contributed by atoms with Crippen molar-refractivity contribution < 1.29 is 0 Å². The number of hydrogen-bond donors (Lipinski definition) is 2. The van der Waals surface area contributed by atoms with E-state index in [0.29, 0.717) is 0 Å². The minimum atomic E-state index is 0.227. The molecule has 0 saturated heterocycles. The van der Waals surface area contributed by atoms with Crippen LogP contribution < -0.4 is 11.3 Å². The average molecular weight is 164 g/mol. The highest BCUT2D eigenvalue weighted by atomic mass is 15.2. The molecule has 66 valence electrons. The molecule has 0 aliphatic carbocycles. The molecule has 0 aliphatic rings. The number of nitrogens with one attached hydrogen (secondary N) is 1. The maximum Gasteiger partial charge on any atom is 0.0434 e. The third-order valence-electron chi connectivity index (χ3n) is 2.15. The second-order valence-corrected chi connectivity index (χ2v) is 3.25. The summed E-state index contributed by atoms with van der Waals surface area (Å²) in [6.07, 6.45) is 0.